The zero-order valence-electron chi connectivity index (χ0n) is 12.3. The van der Waals surface area contributed by atoms with Crippen molar-refractivity contribution in [2.75, 3.05) is 19.6 Å². The van der Waals surface area contributed by atoms with Gasteiger partial charge in [0.25, 0.3) is 0 Å². The summed E-state index contributed by atoms with van der Waals surface area (Å²) >= 11 is 0. The number of amides is 2. The fourth-order valence-corrected chi connectivity index (χ4v) is 2.66. The third-order valence-corrected chi connectivity index (χ3v) is 3.83. The summed E-state index contributed by atoms with van der Waals surface area (Å²) in [4.78, 5) is 29.7. The minimum atomic E-state index is -0.473. The Labute approximate surface area is 124 Å². The van der Waals surface area contributed by atoms with Gasteiger partial charge >= 0.3 is 0 Å². The van der Waals surface area contributed by atoms with E-state index in [1.165, 1.54) is 0 Å². The third kappa shape index (κ3) is 4.26. The van der Waals surface area contributed by atoms with Gasteiger partial charge in [0, 0.05) is 12.2 Å². The number of nitrogens with two attached hydrogens (primary N) is 1. The Morgan fingerprint density at radius 1 is 1.43 bits per heavy atom. The first-order chi connectivity index (χ1) is 10.1. The summed E-state index contributed by atoms with van der Waals surface area (Å²) in [5.74, 6) is -0.554. The number of hydrogen-bond acceptors (Lipinski definition) is 4. The fraction of sp³-hybridized carbons (Fsp3) is 0.533. The zero-order chi connectivity index (χ0) is 15.2. The van der Waals surface area contributed by atoms with E-state index in [-0.39, 0.29) is 24.9 Å². The average molecular weight is 290 g/mol. The van der Waals surface area contributed by atoms with Crippen LogP contribution in [0.4, 0.5) is 0 Å². The largest absolute Gasteiger partial charge is 0.368 e. The fourth-order valence-electron chi connectivity index (χ4n) is 2.66. The Morgan fingerprint density at radius 3 is 2.76 bits per heavy atom. The molecule has 0 radical (unpaired) electrons. The highest BCUT2D eigenvalue weighted by Crippen LogP contribution is 2.14. The molecule has 1 fully saturated rings. The molecule has 1 aliphatic rings. The third-order valence-electron chi connectivity index (χ3n) is 3.83. The lowest BCUT2D eigenvalue weighted by atomic mass is 10.0. The number of aromatic nitrogens is 1. The monoisotopic (exact) mass is 290 g/mol. The van der Waals surface area contributed by atoms with Crippen LogP contribution in [0.25, 0.3) is 0 Å². The predicted molar refractivity (Wildman–Crippen MR) is 79.5 cm³/mol. The molecule has 1 aromatic rings. The SMILES string of the molecule is Cc1cccnc1CC(=O)N(CC(N)=O)C1CCNCC1. The summed E-state index contributed by atoms with van der Waals surface area (Å²) in [7, 11) is 0. The molecule has 0 aromatic carbocycles. The molecule has 3 N–H and O–H groups in total. The first kappa shape index (κ1) is 15.4. The summed E-state index contributed by atoms with van der Waals surface area (Å²) in [6, 6.07) is 3.85. The lowest BCUT2D eigenvalue weighted by molar-refractivity contribution is -0.137. The average Bonchev–Trinajstić information content (AvgIpc) is 2.48. The van der Waals surface area contributed by atoms with Gasteiger partial charge in [-0.2, -0.15) is 0 Å². The molecule has 0 spiro atoms. The molecule has 0 aliphatic carbocycles. The minimum absolute atomic E-state index is 0.0185. The standard InChI is InChI=1S/C15H22N4O2/c1-11-3-2-6-18-13(11)9-15(21)19(10-14(16)20)12-4-7-17-8-5-12/h2-3,6,12,17H,4-5,7-10H2,1H3,(H2,16,20). The summed E-state index contributed by atoms with van der Waals surface area (Å²) in [6.45, 7) is 3.62. The number of piperidine rings is 1. The Hall–Kier alpha value is -1.95. The molecule has 6 nitrogen and oxygen atoms in total. The minimum Gasteiger partial charge on any atom is -0.368 e. The van der Waals surface area contributed by atoms with Crippen LogP contribution < -0.4 is 11.1 Å². The molecule has 1 saturated heterocycles. The predicted octanol–water partition coefficient (Wildman–Crippen LogP) is -0.00158. The van der Waals surface area contributed by atoms with Crippen LogP contribution in [0.15, 0.2) is 18.3 Å². The Balaban J connectivity index is 2.10. The van der Waals surface area contributed by atoms with Gasteiger partial charge in [0.15, 0.2) is 0 Å². The number of hydrogen-bond donors (Lipinski definition) is 2. The van der Waals surface area contributed by atoms with Crippen LogP contribution in [-0.4, -0.2) is 47.4 Å². The maximum absolute atomic E-state index is 12.6. The molecule has 114 valence electrons. The summed E-state index contributed by atoms with van der Waals surface area (Å²) in [5.41, 5.74) is 7.03. The van der Waals surface area contributed by atoms with Crippen molar-refractivity contribution in [2.45, 2.75) is 32.2 Å². The second-order valence-corrected chi connectivity index (χ2v) is 5.41. The van der Waals surface area contributed by atoms with Gasteiger partial charge in [0.05, 0.1) is 18.7 Å². The van der Waals surface area contributed by atoms with E-state index in [0.29, 0.717) is 0 Å². The Bertz CT molecular complexity index is 512. The second kappa shape index (κ2) is 7.17. The normalized spacial score (nSPS) is 15.7. The molecule has 0 saturated carbocycles. The van der Waals surface area contributed by atoms with Gasteiger partial charge in [0.2, 0.25) is 11.8 Å². The molecule has 2 rings (SSSR count). The van der Waals surface area contributed by atoms with Gasteiger partial charge in [-0.25, -0.2) is 0 Å². The quantitative estimate of drug-likeness (QED) is 0.799. The van der Waals surface area contributed by atoms with Gasteiger partial charge < -0.3 is 16.0 Å². The lowest BCUT2D eigenvalue weighted by Gasteiger charge is -2.34. The van der Waals surface area contributed by atoms with Crippen molar-refractivity contribution in [3.05, 3.63) is 29.6 Å². The molecule has 21 heavy (non-hydrogen) atoms. The van der Waals surface area contributed by atoms with E-state index in [1.54, 1.807) is 11.1 Å². The molecular weight excluding hydrogens is 268 g/mol. The topological polar surface area (TPSA) is 88.3 Å². The van der Waals surface area contributed by atoms with E-state index in [0.717, 1.165) is 37.2 Å². The summed E-state index contributed by atoms with van der Waals surface area (Å²) < 4.78 is 0. The van der Waals surface area contributed by atoms with Gasteiger partial charge in [0.1, 0.15) is 0 Å². The number of nitrogens with one attached hydrogen (secondary N) is 1. The molecule has 0 bridgehead atoms. The number of carbonyl (C=O) groups is 2. The summed E-state index contributed by atoms with van der Waals surface area (Å²) in [6.07, 6.45) is 3.59. The van der Waals surface area contributed by atoms with Crippen molar-refractivity contribution in [3.8, 4) is 0 Å². The molecule has 0 unspecified atom stereocenters. The number of primary amides is 1. The highest BCUT2D eigenvalue weighted by molar-refractivity contribution is 5.85. The number of rotatable bonds is 5. The van der Waals surface area contributed by atoms with Crippen LogP contribution in [0.1, 0.15) is 24.1 Å². The van der Waals surface area contributed by atoms with Crippen LogP contribution in [0.3, 0.4) is 0 Å². The van der Waals surface area contributed by atoms with Crippen LogP contribution in [0, 0.1) is 6.92 Å². The van der Waals surface area contributed by atoms with Crippen molar-refractivity contribution in [1.29, 1.82) is 0 Å². The highest BCUT2D eigenvalue weighted by Gasteiger charge is 2.27. The molecule has 2 amide bonds. The molecular formula is C15H22N4O2. The van der Waals surface area contributed by atoms with Gasteiger partial charge in [-0.3, -0.25) is 14.6 Å². The van der Waals surface area contributed by atoms with Crippen LogP contribution in [0.2, 0.25) is 0 Å². The molecule has 2 heterocycles. The van der Waals surface area contributed by atoms with Crippen molar-refractivity contribution < 1.29 is 9.59 Å². The van der Waals surface area contributed by atoms with Crippen LogP contribution in [0.5, 0.6) is 0 Å². The Kier molecular flexibility index (Phi) is 5.27. The zero-order valence-corrected chi connectivity index (χ0v) is 12.3. The number of nitrogens with zero attached hydrogens (tertiary/aromatic N) is 2. The molecule has 1 aliphatic heterocycles. The van der Waals surface area contributed by atoms with E-state index < -0.39 is 5.91 Å². The smallest absolute Gasteiger partial charge is 0.237 e. The van der Waals surface area contributed by atoms with Crippen molar-refractivity contribution in [3.63, 3.8) is 0 Å². The van der Waals surface area contributed by atoms with Gasteiger partial charge in [-0.05, 0) is 44.5 Å². The van der Waals surface area contributed by atoms with Crippen molar-refractivity contribution in [1.82, 2.24) is 15.2 Å². The van der Waals surface area contributed by atoms with Gasteiger partial charge in [-0.15, -0.1) is 0 Å². The number of pyridine rings is 1. The Morgan fingerprint density at radius 2 is 2.14 bits per heavy atom. The van der Waals surface area contributed by atoms with E-state index in [4.69, 9.17) is 5.73 Å². The van der Waals surface area contributed by atoms with Crippen LogP contribution >= 0.6 is 0 Å². The summed E-state index contributed by atoms with van der Waals surface area (Å²) in [5, 5.41) is 3.25. The van der Waals surface area contributed by atoms with Crippen molar-refractivity contribution >= 4 is 11.8 Å². The number of aryl methyl sites for hydroxylation is 1. The maximum atomic E-state index is 12.6. The van der Waals surface area contributed by atoms with E-state index in [2.05, 4.69) is 10.3 Å². The van der Waals surface area contributed by atoms with E-state index in [9.17, 15) is 9.59 Å². The van der Waals surface area contributed by atoms with Gasteiger partial charge in [-0.1, -0.05) is 6.07 Å². The second-order valence-electron chi connectivity index (χ2n) is 5.41. The van der Waals surface area contributed by atoms with E-state index in [1.807, 2.05) is 19.1 Å². The first-order valence-corrected chi connectivity index (χ1v) is 7.27. The van der Waals surface area contributed by atoms with Crippen LogP contribution in [-0.2, 0) is 16.0 Å². The number of carbonyl (C=O) groups excluding carboxylic acids is 2. The first-order valence-electron chi connectivity index (χ1n) is 7.27. The molecule has 0 atom stereocenters. The maximum Gasteiger partial charge on any atom is 0.237 e. The van der Waals surface area contributed by atoms with Crippen molar-refractivity contribution in [2.24, 2.45) is 5.73 Å². The highest BCUT2D eigenvalue weighted by atomic mass is 16.2. The lowest BCUT2D eigenvalue weighted by Crippen LogP contribution is -2.49. The van der Waals surface area contributed by atoms with E-state index >= 15 is 0 Å². The molecule has 1 aromatic heterocycles. The molecule has 6 heteroatoms.